The molecule has 0 aliphatic carbocycles. The van der Waals surface area contributed by atoms with E-state index in [1.54, 1.807) is 0 Å². The van der Waals surface area contributed by atoms with Crippen LogP contribution in [0.15, 0.2) is 30.3 Å². The van der Waals surface area contributed by atoms with E-state index in [1.807, 2.05) is 6.07 Å². The van der Waals surface area contributed by atoms with E-state index in [2.05, 4.69) is 34.5 Å². The Morgan fingerprint density at radius 2 is 2.05 bits per heavy atom. The highest BCUT2D eigenvalue weighted by molar-refractivity contribution is 7.89. The molecule has 1 saturated heterocycles. The van der Waals surface area contributed by atoms with Crippen molar-refractivity contribution in [3.8, 4) is 0 Å². The van der Waals surface area contributed by atoms with E-state index in [1.165, 1.54) is 5.56 Å². The van der Waals surface area contributed by atoms with Gasteiger partial charge in [-0.05, 0) is 24.9 Å². The van der Waals surface area contributed by atoms with Gasteiger partial charge >= 0.3 is 0 Å². The summed E-state index contributed by atoms with van der Waals surface area (Å²) in [5, 5.41) is 8.30. The number of hydrogen-bond acceptors (Lipinski definition) is 4. The van der Waals surface area contributed by atoms with E-state index in [0.717, 1.165) is 32.5 Å². The summed E-state index contributed by atoms with van der Waals surface area (Å²) in [6, 6.07) is 10.8. The first-order valence-electron chi connectivity index (χ1n) is 7.03. The number of nitrogens with one attached hydrogen (secondary N) is 1. The molecule has 6 heteroatoms. The zero-order chi connectivity index (χ0) is 14.4. The largest absolute Gasteiger partial charge is 0.312 e. The van der Waals surface area contributed by atoms with Gasteiger partial charge in [0.2, 0.25) is 10.0 Å². The lowest BCUT2D eigenvalue weighted by atomic mass is 10.0. The summed E-state index contributed by atoms with van der Waals surface area (Å²) in [5.41, 5.74) is 1.32. The van der Waals surface area contributed by atoms with E-state index in [-0.39, 0.29) is 5.75 Å². The molecule has 0 amide bonds. The third-order valence-corrected chi connectivity index (χ3v) is 4.35. The first kappa shape index (κ1) is 15.4. The molecule has 1 atom stereocenters. The number of sulfonamides is 1. The van der Waals surface area contributed by atoms with Crippen molar-refractivity contribution in [2.24, 2.45) is 5.14 Å². The standard InChI is InChI=1S/C14H23N3O2S/c15-20(18,19)10-8-16-14-7-4-9-17(12-14)11-13-5-2-1-3-6-13/h1-3,5-6,14,16H,4,7-12H2,(H2,15,18,19). The first-order chi connectivity index (χ1) is 9.53. The fraction of sp³-hybridized carbons (Fsp3) is 0.571. The quantitative estimate of drug-likeness (QED) is 0.803. The molecule has 1 aliphatic heterocycles. The highest BCUT2D eigenvalue weighted by Gasteiger charge is 2.19. The van der Waals surface area contributed by atoms with E-state index in [0.29, 0.717) is 12.6 Å². The van der Waals surface area contributed by atoms with Gasteiger partial charge < -0.3 is 5.32 Å². The van der Waals surface area contributed by atoms with Gasteiger partial charge in [-0.2, -0.15) is 0 Å². The van der Waals surface area contributed by atoms with Gasteiger partial charge in [-0.25, -0.2) is 13.6 Å². The number of piperidine rings is 1. The van der Waals surface area contributed by atoms with Crippen LogP contribution < -0.4 is 10.5 Å². The Kier molecular flexibility index (Phi) is 5.54. The number of benzene rings is 1. The van der Waals surface area contributed by atoms with Crippen molar-refractivity contribution in [2.45, 2.75) is 25.4 Å². The fourth-order valence-corrected chi connectivity index (χ4v) is 3.02. The lowest BCUT2D eigenvalue weighted by molar-refractivity contribution is 0.185. The molecule has 1 aromatic rings. The van der Waals surface area contributed by atoms with Crippen molar-refractivity contribution in [1.29, 1.82) is 0 Å². The summed E-state index contributed by atoms with van der Waals surface area (Å²) in [7, 11) is -3.36. The van der Waals surface area contributed by atoms with Gasteiger partial charge in [0.25, 0.3) is 0 Å². The Morgan fingerprint density at radius 3 is 2.75 bits per heavy atom. The molecule has 0 radical (unpaired) electrons. The fourth-order valence-electron chi connectivity index (χ4n) is 2.61. The van der Waals surface area contributed by atoms with Gasteiger partial charge in [0, 0.05) is 25.7 Å². The first-order valence-corrected chi connectivity index (χ1v) is 8.74. The molecule has 1 heterocycles. The molecule has 2 rings (SSSR count). The zero-order valence-corrected chi connectivity index (χ0v) is 12.5. The van der Waals surface area contributed by atoms with Gasteiger partial charge in [0.15, 0.2) is 0 Å². The molecule has 3 N–H and O–H groups in total. The summed E-state index contributed by atoms with van der Waals surface area (Å²) in [6.45, 7) is 3.44. The molecule has 0 aromatic heterocycles. The van der Waals surface area contributed by atoms with Crippen LogP contribution in [0.4, 0.5) is 0 Å². The van der Waals surface area contributed by atoms with Crippen LogP contribution >= 0.6 is 0 Å². The minimum Gasteiger partial charge on any atom is -0.312 e. The van der Waals surface area contributed by atoms with Crippen LogP contribution in [0, 0.1) is 0 Å². The van der Waals surface area contributed by atoms with Crippen molar-refractivity contribution in [3.05, 3.63) is 35.9 Å². The van der Waals surface area contributed by atoms with Gasteiger partial charge in [-0.3, -0.25) is 4.90 Å². The number of likely N-dealkylation sites (tertiary alicyclic amines) is 1. The van der Waals surface area contributed by atoms with Crippen molar-refractivity contribution < 1.29 is 8.42 Å². The molecular weight excluding hydrogens is 274 g/mol. The zero-order valence-electron chi connectivity index (χ0n) is 11.7. The van der Waals surface area contributed by atoms with Gasteiger partial charge in [0.1, 0.15) is 0 Å². The van der Waals surface area contributed by atoms with Crippen molar-refractivity contribution in [2.75, 3.05) is 25.4 Å². The number of nitrogens with two attached hydrogens (primary N) is 1. The Labute approximate surface area is 121 Å². The maximum Gasteiger partial charge on any atom is 0.210 e. The lowest BCUT2D eigenvalue weighted by Crippen LogP contribution is -2.46. The van der Waals surface area contributed by atoms with Crippen LogP contribution in [0.1, 0.15) is 18.4 Å². The molecule has 1 fully saturated rings. The topological polar surface area (TPSA) is 75.4 Å². The maximum atomic E-state index is 10.9. The smallest absolute Gasteiger partial charge is 0.210 e. The van der Waals surface area contributed by atoms with E-state index < -0.39 is 10.0 Å². The van der Waals surface area contributed by atoms with E-state index in [9.17, 15) is 8.42 Å². The summed E-state index contributed by atoms with van der Waals surface area (Å²) in [4.78, 5) is 2.41. The lowest BCUT2D eigenvalue weighted by Gasteiger charge is -2.33. The molecule has 1 aliphatic rings. The molecule has 1 unspecified atom stereocenters. The third-order valence-electron chi connectivity index (χ3n) is 3.57. The van der Waals surface area contributed by atoms with Crippen LogP contribution in [0.2, 0.25) is 0 Å². The molecular formula is C14H23N3O2S. The summed E-state index contributed by atoms with van der Waals surface area (Å²) < 4.78 is 21.8. The predicted molar refractivity (Wildman–Crippen MR) is 80.7 cm³/mol. The Balaban J connectivity index is 1.77. The molecule has 1 aromatic carbocycles. The van der Waals surface area contributed by atoms with Crippen LogP contribution in [-0.2, 0) is 16.6 Å². The average molecular weight is 297 g/mol. The second-order valence-corrected chi connectivity index (χ2v) is 7.11. The van der Waals surface area contributed by atoms with Gasteiger partial charge in [0.05, 0.1) is 5.75 Å². The maximum absolute atomic E-state index is 10.9. The van der Waals surface area contributed by atoms with Crippen LogP contribution in [0.5, 0.6) is 0 Å². The molecule has 0 saturated carbocycles. The SMILES string of the molecule is NS(=O)(=O)CCNC1CCCN(Cc2ccccc2)C1. The molecule has 112 valence electrons. The second-order valence-electron chi connectivity index (χ2n) is 5.38. The number of nitrogens with zero attached hydrogens (tertiary/aromatic N) is 1. The molecule has 5 nitrogen and oxygen atoms in total. The highest BCUT2D eigenvalue weighted by Crippen LogP contribution is 2.13. The van der Waals surface area contributed by atoms with Gasteiger partial charge in [-0.15, -0.1) is 0 Å². The van der Waals surface area contributed by atoms with Crippen molar-refractivity contribution >= 4 is 10.0 Å². The number of hydrogen-bond donors (Lipinski definition) is 2. The van der Waals surface area contributed by atoms with Gasteiger partial charge in [-0.1, -0.05) is 30.3 Å². The molecule has 0 spiro atoms. The van der Waals surface area contributed by atoms with Crippen molar-refractivity contribution in [1.82, 2.24) is 10.2 Å². The van der Waals surface area contributed by atoms with E-state index >= 15 is 0 Å². The van der Waals surface area contributed by atoms with E-state index in [4.69, 9.17) is 5.14 Å². The Hall–Kier alpha value is -0.950. The van der Waals surface area contributed by atoms with Crippen molar-refractivity contribution in [3.63, 3.8) is 0 Å². The molecule has 20 heavy (non-hydrogen) atoms. The molecule has 0 bridgehead atoms. The monoisotopic (exact) mass is 297 g/mol. The average Bonchev–Trinajstić information content (AvgIpc) is 2.39. The second kappa shape index (κ2) is 7.17. The van der Waals surface area contributed by atoms with Crippen LogP contribution in [0.3, 0.4) is 0 Å². The minimum atomic E-state index is -3.36. The summed E-state index contributed by atoms with van der Waals surface area (Å²) in [6.07, 6.45) is 2.23. The predicted octanol–water partition coefficient (Wildman–Crippen LogP) is 0.529. The van der Waals surface area contributed by atoms with Crippen LogP contribution in [-0.4, -0.2) is 44.7 Å². The normalized spacial score (nSPS) is 20.9. The highest BCUT2D eigenvalue weighted by atomic mass is 32.2. The number of primary sulfonamides is 1. The summed E-state index contributed by atoms with van der Waals surface area (Å²) >= 11 is 0. The summed E-state index contributed by atoms with van der Waals surface area (Å²) in [5.74, 6) is 0.00217. The third kappa shape index (κ3) is 5.58. The van der Waals surface area contributed by atoms with Crippen LogP contribution in [0.25, 0.3) is 0 Å². The Bertz CT molecular complexity index is 504. The minimum absolute atomic E-state index is 0.00217. The Morgan fingerprint density at radius 1 is 1.30 bits per heavy atom. The number of rotatable bonds is 6.